The van der Waals surface area contributed by atoms with Crippen LogP contribution >= 0.6 is 0 Å². The Morgan fingerprint density at radius 3 is 2.53 bits per heavy atom. The third kappa shape index (κ3) is 3.22. The van der Waals surface area contributed by atoms with E-state index in [1.807, 2.05) is 6.92 Å². The van der Waals surface area contributed by atoms with Crippen LogP contribution in [-0.4, -0.2) is 22.7 Å². The summed E-state index contributed by atoms with van der Waals surface area (Å²) in [5.74, 6) is 0.418. The first-order valence-corrected chi connectivity index (χ1v) is 5.78. The minimum atomic E-state index is -1.05. The molecule has 2 rings (SSSR count). The lowest BCUT2D eigenvalue weighted by atomic mass is 10.2. The van der Waals surface area contributed by atoms with Gasteiger partial charge in [0.2, 0.25) is 0 Å². The molecule has 1 N–H and O–H groups in total. The fourth-order valence-electron chi connectivity index (χ4n) is 1.54. The summed E-state index contributed by atoms with van der Waals surface area (Å²) in [5, 5.41) is 9.03. The van der Waals surface area contributed by atoms with Gasteiger partial charge in [0, 0.05) is 6.20 Å². The van der Waals surface area contributed by atoms with E-state index in [0.29, 0.717) is 12.4 Å². The Morgan fingerprint density at radius 1 is 1.21 bits per heavy atom. The number of ether oxygens (including phenoxy) is 2. The number of hydrogen-bond donors (Lipinski definition) is 1. The molecule has 0 amide bonds. The lowest BCUT2D eigenvalue weighted by molar-refractivity contribution is 0.0694. The molecule has 0 spiro atoms. The Balaban J connectivity index is 2.19. The van der Waals surface area contributed by atoms with E-state index in [9.17, 15) is 4.79 Å². The average molecular weight is 259 g/mol. The molecule has 0 aliphatic heterocycles. The Hall–Kier alpha value is -2.56. The van der Waals surface area contributed by atoms with Gasteiger partial charge in [-0.2, -0.15) is 0 Å². The molecule has 0 aliphatic carbocycles. The topological polar surface area (TPSA) is 68.7 Å². The van der Waals surface area contributed by atoms with Crippen LogP contribution in [0, 0.1) is 0 Å². The zero-order chi connectivity index (χ0) is 13.7. The van der Waals surface area contributed by atoms with Crippen molar-refractivity contribution in [1.82, 2.24) is 4.98 Å². The van der Waals surface area contributed by atoms with Crippen molar-refractivity contribution >= 4 is 5.97 Å². The summed E-state index contributed by atoms with van der Waals surface area (Å²) in [6, 6.07) is 8.34. The lowest BCUT2D eigenvalue weighted by Crippen LogP contribution is -2.00. The number of rotatable bonds is 5. The van der Waals surface area contributed by atoms with E-state index in [0.717, 1.165) is 5.75 Å². The van der Waals surface area contributed by atoms with Crippen LogP contribution in [0.3, 0.4) is 0 Å². The van der Waals surface area contributed by atoms with Gasteiger partial charge in [0.15, 0.2) is 5.75 Å². The second kappa shape index (κ2) is 5.86. The Kier molecular flexibility index (Phi) is 3.97. The summed E-state index contributed by atoms with van der Waals surface area (Å²) >= 11 is 0. The zero-order valence-electron chi connectivity index (χ0n) is 10.4. The second-order valence-electron chi connectivity index (χ2n) is 3.68. The number of carbonyl (C=O) groups is 1. The number of benzene rings is 1. The van der Waals surface area contributed by atoms with E-state index < -0.39 is 5.97 Å². The summed E-state index contributed by atoms with van der Waals surface area (Å²) in [6.45, 7) is 2.49. The molecule has 1 aromatic heterocycles. The van der Waals surface area contributed by atoms with E-state index in [4.69, 9.17) is 14.6 Å². The summed E-state index contributed by atoms with van der Waals surface area (Å²) in [5.41, 5.74) is 0.0730. The number of pyridine rings is 1. The van der Waals surface area contributed by atoms with Gasteiger partial charge in [-0.05, 0) is 37.3 Å². The average Bonchev–Trinajstić information content (AvgIpc) is 2.42. The largest absolute Gasteiger partial charge is 0.494 e. The minimum Gasteiger partial charge on any atom is -0.494 e. The first-order valence-electron chi connectivity index (χ1n) is 5.78. The lowest BCUT2D eigenvalue weighted by Gasteiger charge is -2.08. The van der Waals surface area contributed by atoms with Gasteiger partial charge in [-0.25, -0.2) is 4.79 Å². The minimum absolute atomic E-state index is 0.0730. The number of carboxylic acid groups (broad SMARTS) is 1. The zero-order valence-corrected chi connectivity index (χ0v) is 10.4. The molecule has 5 nitrogen and oxygen atoms in total. The van der Waals surface area contributed by atoms with Crippen molar-refractivity contribution in [2.75, 3.05) is 6.61 Å². The molecule has 2 aromatic rings. The smallest absolute Gasteiger partial charge is 0.339 e. The standard InChI is InChI=1S/C14H13NO4/c1-2-18-10-3-5-11(6-4-10)19-13-9-15-8-7-12(13)14(16)17/h3-9H,2H2,1H3,(H,16,17). The Morgan fingerprint density at radius 2 is 1.89 bits per heavy atom. The van der Waals surface area contributed by atoms with E-state index >= 15 is 0 Å². The van der Waals surface area contributed by atoms with Crippen LogP contribution in [0.2, 0.25) is 0 Å². The highest BCUT2D eigenvalue weighted by Gasteiger charge is 2.11. The highest BCUT2D eigenvalue weighted by atomic mass is 16.5. The van der Waals surface area contributed by atoms with Gasteiger partial charge in [0.05, 0.1) is 12.8 Å². The molecule has 0 unspecified atom stereocenters. The number of aromatic nitrogens is 1. The van der Waals surface area contributed by atoms with Crippen LogP contribution in [0.5, 0.6) is 17.2 Å². The summed E-state index contributed by atoms with van der Waals surface area (Å²) in [4.78, 5) is 14.9. The van der Waals surface area contributed by atoms with Gasteiger partial charge < -0.3 is 14.6 Å². The van der Waals surface area contributed by atoms with Gasteiger partial charge in [-0.1, -0.05) is 0 Å². The first kappa shape index (κ1) is 12.9. The SMILES string of the molecule is CCOc1ccc(Oc2cnccc2C(=O)O)cc1. The van der Waals surface area contributed by atoms with Gasteiger partial charge >= 0.3 is 5.97 Å². The fourth-order valence-corrected chi connectivity index (χ4v) is 1.54. The molecular weight excluding hydrogens is 246 g/mol. The quantitative estimate of drug-likeness (QED) is 0.893. The van der Waals surface area contributed by atoms with Crippen LogP contribution in [0.25, 0.3) is 0 Å². The number of nitrogens with zero attached hydrogens (tertiary/aromatic N) is 1. The molecule has 5 heteroatoms. The van der Waals surface area contributed by atoms with Crippen LogP contribution in [0.4, 0.5) is 0 Å². The van der Waals surface area contributed by atoms with Crippen molar-refractivity contribution < 1.29 is 19.4 Å². The Bertz CT molecular complexity index is 566. The predicted octanol–water partition coefficient (Wildman–Crippen LogP) is 2.97. The first-order chi connectivity index (χ1) is 9.20. The van der Waals surface area contributed by atoms with E-state index in [-0.39, 0.29) is 11.3 Å². The maximum Gasteiger partial charge on any atom is 0.339 e. The van der Waals surface area contributed by atoms with Crippen molar-refractivity contribution in [2.24, 2.45) is 0 Å². The van der Waals surface area contributed by atoms with Crippen LogP contribution in [0.1, 0.15) is 17.3 Å². The molecule has 0 atom stereocenters. The number of hydrogen-bond acceptors (Lipinski definition) is 4. The predicted molar refractivity (Wildman–Crippen MR) is 68.9 cm³/mol. The van der Waals surface area contributed by atoms with E-state index in [1.165, 1.54) is 18.5 Å². The van der Waals surface area contributed by atoms with Crippen LogP contribution in [0.15, 0.2) is 42.7 Å². The molecule has 1 aromatic carbocycles. The maximum atomic E-state index is 11.0. The molecular formula is C14H13NO4. The molecule has 19 heavy (non-hydrogen) atoms. The second-order valence-corrected chi connectivity index (χ2v) is 3.68. The molecule has 0 radical (unpaired) electrons. The normalized spacial score (nSPS) is 9.95. The van der Waals surface area contributed by atoms with Gasteiger partial charge in [0.25, 0.3) is 0 Å². The van der Waals surface area contributed by atoms with Gasteiger partial charge in [-0.15, -0.1) is 0 Å². The third-order valence-corrected chi connectivity index (χ3v) is 2.38. The summed E-state index contributed by atoms with van der Waals surface area (Å²) in [6.07, 6.45) is 2.79. The molecule has 0 saturated carbocycles. The Labute approximate surface area is 110 Å². The highest BCUT2D eigenvalue weighted by molar-refractivity contribution is 5.90. The van der Waals surface area contributed by atoms with E-state index in [1.54, 1.807) is 24.3 Å². The molecule has 0 aliphatic rings. The third-order valence-electron chi connectivity index (χ3n) is 2.38. The van der Waals surface area contributed by atoms with Crippen molar-refractivity contribution in [3.05, 3.63) is 48.3 Å². The highest BCUT2D eigenvalue weighted by Crippen LogP contribution is 2.26. The van der Waals surface area contributed by atoms with Crippen LogP contribution in [-0.2, 0) is 0 Å². The molecule has 1 heterocycles. The monoisotopic (exact) mass is 259 g/mol. The van der Waals surface area contributed by atoms with Gasteiger partial charge in [-0.3, -0.25) is 4.98 Å². The maximum absolute atomic E-state index is 11.0. The molecule has 0 bridgehead atoms. The fraction of sp³-hybridized carbons (Fsp3) is 0.143. The van der Waals surface area contributed by atoms with Crippen molar-refractivity contribution in [3.63, 3.8) is 0 Å². The van der Waals surface area contributed by atoms with Crippen LogP contribution < -0.4 is 9.47 Å². The van der Waals surface area contributed by atoms with Crippen molar-refractivity contribution in [3.8, 4) is 17.2 Å². The summed E-state index contributed by atoms with van der Waals surface area (Å²) in [7, 11) is 0. The van der Waals surface area contributed by atoms with E-state index in [2.05, 4.69) is 4.98 Å². The number of aromatic carboxylic acids is 1. The van der Waals surface area contributed by atoms with Crippen molar-refractivity contribution in [1.29, 1.82) is 0 Å². The molecule has 98 valence electrons. The molecule has 0 fully saturated rings. The van der Waals surface area contributed by atoms with Gasteiger partial charge in [0.1, 0.15) is 17.1 Å². The molecule has 0 saturated heterocycles. The number of carboxylic acids is 1. The van der Waals surface area contributed by atoms with Crippen molar-refractivity contribution in [2.45, 2.75) is 6.92 Å². The summed E-state index contributed by atoms with van der Waals surface area (Å²) < 4.78 is 10.8.